The zero-order chi connectivity index (χ0) is 14.2. The summed E-state index contributed by atoms with van der Waals surface area (Å²) in [5, 5.41) is 3.63. The van der Waals surface area contributed by atoms with Crippen molar-refractivity contribution in [2.75, 3.05) is 19.0 Å². The molecule has 1 aromatic rings. The van der Waals surface area contributed by atoms with Crippen LogP contribution >= 0.6 is 0 Å². The highest BCUT2D eigenvalue weighted by atomic mass is 16.5. The van der Waals surface area contributed by atoms with Crippen LogP contribution in [-0.2, 0) is 11.8 Å². The van der Waals surface area contributed by atoms with Gasteiger partial charge in [-0.1, -0.05) is 0 Å². The maximum Gasteiger partial charge on any atom is 0.123 e. The van der Waals surface area contributed by atoms with Crippen LogP contribution in [0.3, 0.4) is 0 Å². The molecule has 3 heteroatoms. The molecule has 4 heterocycles. The van der Waals surface area contributed by atoms with Crippen molar-refractivity contribution in [2.24, 2.45) is 0 Å². The molecular formula is C18H24N2O. The molecule has 21 heavy (non-hydrogen) atoms. The van der Waals surface area contributed by atoms with Crippen molar-refractivity contribution in [2.45, 2.75) is 62.6 Å². The van der Waals surface area contributed by atoms with Crippen LogP contribution in [0.1, 0.15) is 43.7 Å². The molecule has 1 aromatic carbocycles. The number of nitrogens with one attached hydrogen (secondary N) is 1. The third-order valence-corrected chi connectivity index (χ3v) is 6.45. The van der Waals surface area contributed by atoms with Crippen LogP contribution in [-0.4, -0.2) is 36.7 Å². The van der Waals surface area contributed by atoms with Gasteiger partial charge in [0.1, 0.15) is 5.75 Å². The molecule has 5 rings (SSSR count). The molecule has 1 N–H and O–H groups in total. The van der Waals surface area contributed by atoms with Gasteiger partial charge < -0.3 is 15.0 Å². The van der Waals surface area contributed by atoms with Crippen LogP contribution in [0.5, 0.6) is 5.75 Å². The summed E-state index contributed by atoms with van der Waals surface area (Å²) < 4.78 is 6.17. The lowest BCUT2D eigenvalue weighted by molar-refractivity contribution is 0.0936. The first-order chi connectivity index (χ1) is 10.1. The highest BCUT2D eigenvalue weighted by molar-refractivity contribution is 5.64. The number of benzene rings is 1. The Labute approximate surface area is 126 Å². The van der Waals surface area contributed by atoms with Crippen molar-refractivity contribution < 1.29 is 4.74 Å². The quantitative estimate of drug-likeness (QED) is 0.793. The predicted molar refractivity (Wildman–Crippen MR) is 84.2 cm³/mol. The number of hydrogen-bond acceptors (Lipinski definition) is 3. The summed E-state index contributed by atoms with van der Waals surface area (Å²) >= 11 is 0. The number of nitrogens with zero attached hydrogens (tertiary/aromatic N) is 1. The second-order valence-electron chi connectivity index (χ2n) is 7.78. The minimum absolute atomic E-state index is 0.288. The summed E-state index contributed by atoms with van der Waals surface area (Å²) in [6.45, 7) is 3.17. The number of hydrogen-bond donors (Lipinski definition) is 1. The van der Waals surface area contributed by atoms with Crippen LogP contribution in [0.2, 0.25) is 0 Å². The lowest BCUT2D eigenvalue weighted by Gasteiger charge is -2.42. The Morgan fingerprint density at radius 1 is 1.24 bits per heavy atom. The highest BCUT2D eigenvalue weighted by Crippen LogP contribution is 2.53. The molecule has 0 amide bonds. The maximum absolute atomic E-state index is 6.17. The summed E-state index contributed by atoms with van der Waals surface area (Å²) in [5.41, 5.74) is 4.58. The van der Waals surface area contributed by atoms with Crippen LogP contribution in [0.15, 0.2) is 12.1 Å². The van der Waals surface area contributed by atoms with Crippen LogP contribution < -0.4 is 10.1 Å². The van der Waals surface area contributed by atoms with E-state index >= 15 is 0 Å². The maximum atomic E-state index is 6.17. The van der Waals surface area contributed by atoms with Gasteiger partial charge in [-0.15, -0.1) is 0 Å². The van der Waals surface area contributed by atoms with E-state index in [9.17, 15) is 0 Å². The largest absolute Gasteiger partial charge is 0.492 e. The van der Waals surface area contributed by atoms with Crippen LogP contribution in [0.25, 0.3) is 0 Å². The molecule has 0 aromatic heterocycles. The van der Waals surface area contributed by atoms with Crippen molar-refractivity contribution in [1.82, 2.24) is 4.90 Å². The predicted octanol–water partition coefficient (Wildman–Crippen LogP) is 2.93. The van der Waals surface area contributed by atoms with Crippen molar-refractivity contribution in [3.63, 3.8) is 0 Å². The fourth-order valence-corrected chi connectivity index (χ4v) is 5.30. The van der Waals surface area contributed by atoms with E-state index in [1.807, 2.05) is 0 Å². The molecule has 0 saturated carbocycles. The molecule has 3 atom stereocenters. The van der Waals surface area contributed by atoms with Crippen molar-refractivity contribution in [3.8, 4) is 5.75 Å². The van der Waals surface area contributed by atoms with Gasteiger partial charge in [-0.05, 0) is 63.8 Å². The SMILES string of the molecule is CC1Cc2cc3c(cc2N1)C1(CO3)CC2CCC(C1)N2C. The third kappa shape index (κ3) is 1.58. The number of anilines is 1. The van der Waals surface area contributed by atoms with E-state index in [1.54, 1.807) is 0 Å². The number of ether oxygens (including phenoxy) is 1. The van der Waals surface area contributed by atoms with Crippen molar-refractivity contribution in [1.29, 1.82) is 0 Å². The smallest absolute Gasteiger partial charge is 0.123 e. The molecule has 2 bridgehead atoms. The molecule has 4 aliphatic rings. The summed E-state index contributed by atoms with van der Waals surface area (Å²) in [7, 11) is 2.32. The van der Waals surface area contributed by atoms with E-state index in [1.165, 1.54) is 48.2 Å². The lowest BCUT2D eigenvalue weighted by atomic mass is 9.71. The van der Waals surface area contributed by atoms with E-state index in [2.05, 4.69) is 36.3 Å². The minimum Gasteiger partial charge on any atom is -0.492 e. The first-order valence-corrected chi connectivity index (χ1v) is 8.43. The topological polar surface area (TPSA) is 24.5 Å². The van der Waals surface area contributed by atoms with Gasteiger partial charge in [0.15, 0.2) is 0 Å². The molecule has 112 valence electrons. The molecule has 2 fully saturated rings. The normalized spacial score (nSPS) is 40.0. The fourth-order valence-electron chi connectivity index (χ4n) is 5.30. The van der Waals surface area contributed by atoms with E-state index in [0.29, 0.717) is 6.04 Å². The van der Waals surface area contributed by atoms with Gasteiger partial charge in [0.2, 0.25) is 0 Å². The number of piperidine rings is 1. The van der Waals surface area contributed by atoms with Crippen molar-refractivity contribution >= 4 is 5.69 Å². The Morgan fingerprint density at radius 2 is 2.00 bits per heavy atom. The molecular weight excluding hydrogens is 260 g/mol. The van der Waals surface area contributed by atoms with Gasteiger partial charge in [0.25, 0.3) is 0 Å². The van der Waals surface area contributed by atoms with E-state index < -0.39 is 0 Å². The third-order valence-electron chi connectivity index (χ3n) is 6.45. The zero-order valence-electron chi connectivity index (χ0n) is 13.0. The molecule has 1 spiro atoms. The molecule has 0 radical (unpaired) electrons. The van der Waals surface area contributed by atoms with Gasteiger partial charge in [-0.2, -0.15) is 0 Å². The van der Waals surface area contributed by atoms with Gasteiger partial charge in [-0.3, -0.25) is 0 Å². The van der Waals surface area contributed by atoms with E-state index in [-0.39, 0.29) is 5.41 Å². The van der Waals surface area contributed by atoms with Crippen LogP contribution in [0, 0.1) is 0 Å². The summed E-state index contributed by atoms with van der Waals surface area (Å²) in [6, 6.07) is 6.83. The fraction of sp³-hybridized carbons (Fsp3) is 0.667. The Balaban J connectivity index is 1.57. The summed E-state index contributed by atoms with van der Waals surface area (Å²) in [4.78, 5) is 2.62. The Hall–Kier alpha value is -1.22. The lowest BCUT2D eigenvalue weighted by Crippen LogP contribution is -2.48. The number of rotatable bonds is 0. The monoisotopic (exact) mass is 284 g/mol. The standard InChI is InChI=1S/C18H24N2O/c1-11-5-12-6-17-15(7-16(12)19-11)18(10-21-17)8-13-3-4-14(9-18)20(13)2/h6-7,11,13-14,19H,3-5,8-10H2,1-2H3. The second kappa shape index (κ2) is 3.95. The Morgan fingerprint density at radius 3 is 2.76 bits per heavy atom. The molecule has 2 saturated heterocycles. The second-order valence-corrected chi connectivity index (χ2v) is 7.78. The summed E-state index contributed by atoms with van der Waals surface area (Å²) in [6.07, 6.45) is 6.44. The summed E-state index contributed by atoms with van der Waals surface area (Å²) in [5.74, 6) is 1.17. The molecule has 3 nitrogen and oxygen atoms in total. The molecule has 3 unspecified atom stereocenters. The minimum atomic E-state index is 0.288. The molecule has 0 aliphatic carbocycles. The Bertz CT molecular complexity index is 597. The zero-order valence-corrected chi connectivity index (χ0v) is 13.0. The van der Waals surface area contributed by atoms with Gasteiger partial charge in [0, 0.05) is 34.8 Å². The van der Waals surface area contributed by atoms with Gasteiger partial charge in [-0.25, -0.2) is 0 Å². The first-order valence-electron chi connectivity index (χ1n) is 8.43. The van der Waals surface area contributed by atoms with Gasteiger partial charge in [0.05, 0.1) is 6.61 Å². The van der Waals surface area contributed by atoms with E-state index in [4.69, 9.17) is 4.74 Å². The Kier molecular flexibility index (Phi) is 2.32. The average molecular weight is 284 g/mol. The highest BCUT2D eigenvalue weighted by Gasteiger charge is 2.51. The average Bonchev–Trinajstić information content (AvgIpc) is 3.02. The van der Waals surface area contributed by atoms with Gasteiger partial charge >= 0.3 is 0 Å². The van der Waals surface area contributed by atoms with E-state index in [0.717, 1.165) is 25.1 Å². The van der Waals surface area contributed by atoms with Crippen LogP contribution in [0.4, 0.5) is 5.69 Å². The first kappa shape index (κ1) is 12.3. The molecule has 4 aliphatic heterocycles. The number of fused-ring (bicyclic) bond motifs is 5. The van der Waals surface area contributed by atoms with Crippen molar-refractivity contribution in [3.05, 3.63) is 23.3 Å².